The quantitative estimate of drug-likeness (QED) is 0.592. The second-order valence-corrected chi connectivity index (χ2v) is 3.18. The van der Waals surface area contributed by atoms with Crippen LogP contribution in [0.2, 0.25) is 5.15 Å². The fourth-order valence-corrected chi connectivity index (χ4v) is 1.41. The van der Waals surface area contributed by atoms with Crippen LogP contribution < -0.4 is 0 Å². The lowest BCUT2D eigenvalue weighted by molar-refractivity contribution is 0.146. The molecule has 0 amide bonds. The maximum atomic E-state index is 13.1. The molecule has 0 bridgehead atoms. The minimum atomic E-state index is -2.88. The third-order valence-electron chi connectivity index (χ3n) is 1.38. The zero-order valence-corrected chi connectivity index (χ0v) is 8.54. The van der Waals surface area contributed by atoms with E-state index < -0.39 is 17.8 Å². The van der Waals surface area contributed by atoms with Crippen molar-refractivity contribution in [3.05, 3.63) is 28.3 Å². The van der Waals surface area contributed by atoms with Gasteiger partial charge in [0, 0.05) is 5.33 Å². The number of hydrogen-bond donors (Lipinski definition) is 0. The molecule has 0 aliphatic rings. The molecule has 0 atom stereocenters. The molecule has 0 spiro atoms. The zero-order valence-electron chi connectivity index (χ0n) is 6.20. The molecular weight excluding hydrogens is 270 g/mol. The summed E-state index contributed by atoms with van der Waals surface area (Å²) in [4.78, 5) is 3.54. The number of nitrogens with zero attached hydrogens (tertiary/aromatic N) is 1. The van der Waals surface area contributed by atoms with E-state index in [1.807, 2.05) is 0 Å². The van der Waals surface area contributed by atoms with E-state index in [0.717, 1.165) is 6.07 Å². The highest BCUT2D eigenvalue weighted by Crippen LogP contribution is 2.26. The molecule has 0 saturated carbocycles. The molecule has 13 heavy (non-hydrogen) atoms. The Balaban J connectivity index is 3.27. The van der Waals surface area contributed by atoms with Gasteiger partial charge in [0.2, 0.25) is 0 Å². The monoisotopic (exact) mass is 273 g/mol. The number of rotatable bonds is 2. The third kappa shape index (κ3) is 2.34. The molecule has 72 valence electrons. The van der Waals surface area contributed by atoms with Crippen molar-refractivity contribution >= 4 is 27.5 Å². The summed E-state index contributed by atoms with van der Waals surface area (Å²) in [7, 11) is 0. The summed E-state index contributed by atoms with van der Waals surface area (Å²) in [6, 6.07) is 0.827. The molecule has 0 radical (unpaired) electrons. The largest absolute Gasteiger partial charge is 0.266 e. The molecular formula is C7H4BrClF3N. The van der Waals surface area contributed by atoms with E-state index in [9.17, 15) is 13.2 Å². The van der Waals surface area contributed by atoms with Gasteiger partial charge >= 0.3 is 0 Å². The molecule has 1 nitrogen and oxygen atoms in total. The summed E-state index contributed by atoms with van der Waals surface area (Å²) in [6.07, 6.45) is -2.88. The highest BCUT2D eigenvalue weighted by atomic mass is 79.9. The maximum Gasteiger partial charge on any atom is 0.266 e. The van der Waals surface area contributed by atoms with Crippen LogP contribution in [-0.2, 0) is 5.33 Å². The molecule has 1 rings (SSSR count). The standard InChI is InChI=1S/C7H4BrClF3N/c8-2-4-6(10)3(7(11)12)1-5(9)13-4/h1,7H,2H2. The SMILES string of the molecule is Fc1c(C(F)F)cc(Cl)nc1CBr. The van der Waals surface area contributed by atoms with Gasteiger partial charge in [0.1, 0.15) is 5.15 Å². The van der Waals surface area contributed by atoms with E-state index in [-0.39, 0.29) is 16.2 Å². The van der Waals surface area contributed by atoms with Crippen LogP contribution in [0.1, 0.15) is 17.7 Å². The van der Waals surface area contributed by atoms with Gasteiger partial charge in [0.15, 0.2) is 5.82 Å². The second-order valence-electron chi connectivity index (χ2n) is 2.23. The van der Waals surface area contributed by atoms with Crippen molar-refractivity contribution in [3.63, 3.8) is 0 Å². The number of hydrogen-bond acceptors (Lipinski definition) is 1. The normalized spacial score (nSPS) is 10.9. The molecule has 1 aromatic heterocycles. The molecule has 0 N–H and O–H groups in total. The van der Waals surface area contributed by atoms with E-state index >= 15 is 0 Å². The van der Waals surface area contributed by atoms with Gasteiger partial charge in [-0.15, -0.1) is 0 Å². The Hall–Kier alpha value is -0.290. The Morgan fingerprint density at radius 2 is 2.15 bits per heavy atom. The number of pyridine rings is 1. The predicted molar refractivity (Wildman–Crippen MR) is 46.8 cm³/mol. The summed E-state index contributed by atoms with van der Waals surface area (Å²) in [5.74, 6) is -1.00. The van der Waals surface area contributed by atoms with Crippen LogP contribution in [0.4, 0.5) is 13.2 Å². The summed E-state index contributed by atoms with van der Waals surface area (Å²) in [5.41, 5.74) is -0.822. The number of alkyl halides is 3. The van der Waals surface area contributed by atoms with Crippen LogP contribution >= 0.6 is 27.5 Å². The average Bonchev–Trinajstić information content (AvgIpc) is 2.08. The molecule has 1 aromatic rings. The van der Waals surface area contributed by atoms with Crippen molar-refractivity contribution < 1.29 is 13.2 Å². The zero-order chi connectivity index (χ0) is 10.0. The topological polar surface area (TPSA) is 12.9 Å². The van der Waals surface area contributed by atoms with Crippen LogP contribution in [-0.4, -0.2) is 4.98 Å². The first-order valence-corrected chi connectivity index (χ1v) is 4.75. The minimum Gasteiger partial charge on any atom is -0.237 e. The second kappa shape index (κ2) is 4.28. The first-order valence-electron chi connectivity index (χ1n) is 3.25. The van der Waals surface area contributed by atoms with Crippen LogP contribution in [0.5, 0.6) is 0 Å². The van der Waals surface area contributed by atoms with Gasteiger partial charge in [-0.25, -0.2) is 18.2 Å². The Bertz CT molecular complexity index is 319. The summed E-state index contributed by atoms with van der Waals surface area (Å²) in [5, 5.41) is -0.0785. The lowest BCUT2D eigenvalue weighted by Crippen LogP contribution is -1.99. The van der Waals surface area contributed by atoms with Crippen LogP contribution in [0.25, 0.3) is 0 Å². The van der Waals surface area contributed by atoms with Crippen molar-refractivity contribution in [2.75, 3.05) is 0 Å². The van der Waals surface area contributed by atoms with E-state index in [1.54, 1.807) is 0 Å². The molecule has 0 saturated heterocycles. The fraction of sp³-hybridized carbons (Fsp3) is 0.286. The lowest BCUT2D eigenvalue weighted by atomic mass is 10.2. The van der Waals surface area contributed by atoms with Gasteiger partial charge in [-0.1, -0.05) is 27.5 Å². The number of aromatic nitrogens is 1. The van der Waals surface area contributed by atoms with Crippen molar-refractivity contribution in [1.82, 2.24) is 4.98 Å². The molecule has 0 aromatic carbocycles. The summed E-state index contributed by atoms with van der Waals surface area (Å²) in [6.45, 7) is 0. The molecule has 0 fully saturated rings. The van der Waals surface area contributed by atoms with Crippen molar-refractivity contribution in [3.8, 4) is 0 Å². The van der Waals surface area contributed by atoms with Gasteiger partial charge < -0.3 is 0 Å². The van der Waals surface area contributed by atoms with Gasteiger partial charge in [0.05, 0.1) is 11.3 Å². The molecule has 6 heteroatoms. The molecule has 1 heterocycles. The summed E-state index contributed by atoms with van der Waals surface area (Å²) >= 11 is 8.33. The first-order chi connectivity index (χ1) is 6.06. The van der Waals surface area contributed by atoms with Crippen molar-refractivity contribution in [1.29, 1.82) is 0 Å². The smallest absolute Gasteiger partial charge is 0.237 e. The van der Waals surface area contributed by atoms with E-state index in [2.05, 4.69) is 20.9 Å². The lowest BCUT2D eigenvalue weighted by Gasteiger charge is -2.05. The van der Waals surface area contributed by atoms with Crippen molar-refractivity contribution in [2.24, 2.45) is 0 Å². The Morgan fingerprint density at radius 1 is 1.54 bits per heavy atom. The average molecular weight is 274 g/mol. The van der Waals surface area contributed by atoms with Gasteiger partial charge in [-0.3, -0.25) is 0 Å². The van der Waals surface area contributed by atoms with E-state index in [4.69, 9.17) is 11.6 Å². The summed E-state index contributed by atoms with van der Waals surface area (Å²) < 4.78 is 37.4. The predicted octanol–water partition coefficient (Wildman–Crippen LogP) is 3.71. The Morgan fingerprint density at radius 3 is 2.62 bits per heavy atom. The highest BCUT2D eigenvalue weighted by Gasteiger charge is 2.18. The molecule has 0 aliphatic carbocycles. The number of halogens is 5. The van der Waals surface area contributed by atoms with Crippen molar-refractivity contribution in [2.45, 2.75) is 11.8 Å². The third-order valence-corrected chi connectivity index (χ3v) is 2.11. The van der Waals surface area contributed by atoms with Crippen LogP contribution in [0, 0.1) is 5.82 Å². The Labute approximate surface area is 86.0 Å². The maximum absolute atomic E-state index is 13.1. The first kappa shape index (κ1) is 10.8. The van der Waals surface area contributed by atoms with Gasteiger partial charge in [-0.05, 0) is 6.07 Å². The highest BCUT2D eigenvalue weighted by molar-refractivity contribution is 9.08. The van der Waals surface area contributed by atoms with E-state index in [0.29, 0.717) is 0 Å². The minimum absolute atomic E-state index is 0.0547. The van der Waals surface area contributed by atoms with Crippen LogP contribution in [0.3, 0.4) is 0 Å². The van der Waals surface area contributed by atoms with Gasteiger partial charge in [0.25, 0.3) is 6.43 Å². The fourth-order valence-electron chi connectivity index (χ4n) is 0.816. The molecule has 0 aliphatic heterocycles. The van der Waals surface area contributed by atoms with Crippen LogP contribution in [0.15, 0.2) is 6.07 Å². The van der Waals surface area contributed by atoms with E-state index in [1.165, 1.54) is 0 Å². The van der Waals surface area contributed by atoms with Gasteiger partial charge in [-0.2, -0.15) is 0 Å². The Kier molecular flexibility index (Phi) is 3.55. The molecule has 0 unspecified atom stereocenters.